The summed E-state index contributed by atoms with van der Waals surface area (Å²) >= 11 is 0. The van der Waals surface area contributed by atoms with Gasteiger partial charge in [0.05, 0.1) is 0 Å². The summed E-state index contributed by atoms with van der Waals surface area (Å²) in [6.07, 6.45) is 8.26. The van der Waals surface area contributed by atoms with Crippen molar-refractivity contribution >= 4 is 11.3 Å². The van der Waals surface area contributed by atoms with Crippen molar-refractivity contribution in [3.8, 4) is 11.1 Å². The van der Waals surface area contributed by atoms with Gasteiger partial charge in [-0.25, -0.2) is 0 Å². The fourth-order valence-corrected chi connectivity index (χ4v) is 3.65. The first-order valence-electron chi connectivity index (χ1n) is 8.14. The van der Waals surface area contributed by atoms with Gasteiger partial charge in [0.1, 0.15) is 5.76 Å². The number of fused-ring (bicyclic) bond motifs is 3. The number of hydrogen-bond donors (Lipinski definition) is 1. The molecule has 2 aliphatic rings. The van der Waals surface area contributed by atoms with E-state index >= 15 is 0 Å². The van der Waals surface area contributed by atoms with E-state index in [0.717, 1.165) is 24.0 Å². The Morgan fingerprint density at radius 3 is 2.36 bits per heavy atom. The Morgan fingerprint density at radius 1 is 0.960 bits per heavy atom. The van der Waals surface area contributed by atoms with Crippen molar-refractivity contribution in [3.05, 3.63) is 82.5 Å². The minimum atomic E-state index is 0. The van der Waals surface area contributed by atoms with Gasteiger partial charge in [0, 0.05) is 31.8 Å². The third-order valence-electron chi connectivity index (χ3n) is 4.82. The number of rotatable bonds is 2. The molecule has 1 N–H and O–H groups in total. The van der Waals surface area contributed by atoms with Gasteiger partial charge in [0.25, 0.3) is 0 Å². The van der Waals surface area contributed by atoms with Gasteiger partial charge in [-0.2, -0.15) is 0 Å². The molecule has 0 heterocycles. The number of allylic oxidation sites excluding steroid dienone is 5. The molecule has 0 spiro atoms. The van der Waals surface area contributed by atoms with E-state index in [-0.39, 0.29) is 38.6 Å². The van der Waals surface area contributed by atoms with Crippen molar-refractivity contribution in [2.24, 2.45) is 0 Å². The molecule has 0 aromatic heterocycles. The molecule has 2 aromatic carbocycles. The summed E-state index contributed by atoms with van der Waals surface area (Å²) < 4.78 is 0. The van der Waals surface area contributed by atoms with Crippen LogP contribution in [0, 0.1) is 0 Å². The fraction of sp³-hybridized carbons (Fsp3) is 0.182. The summed E-state index contributed by atoms with van der Waals surface area (Å²) in [6, 6.07) is 12.9. The van der Waals surface area contributed by atoms with E-state index in [9.17, 15) is 5.11 Å². The summed E-state index contributed by atoms with van der Waals surface area (Å²) in [5.41, 5.74) is 9.60. The summed E-state index contributed by atoms with van der Waals surface area (Å²) in [5, 5.41) is 10.8. The predicted molar refractivity (Wildman–Crippen MR) is 97.3 cm³/mol. The maximum absolute atomic E-state index is 10.8. The van der Waals surface area contributed by atoms with Gasteiger partial charge in [-0.1, -0.05) is 54.6 Å². The first-order chi connectivity index (χ1) is 11.2. The quantitative estimate of drug-likeness (QED) is 0.624. The molecule has 0 bridgehead atoms. The van der Waals surface area contributed by atoms with Crippen LogP contribution >= 0.6 is 0 Å². The smallest absolute Gasteiger partial charge is 0.122 e. The molecule has 3 heteroatoms. The van der Waals surface area contributed by atoms with Crippen LogP contribution in [-0.2, 0) is 32.6 Å². The summed E-state index contributed by atoms with van der Waals surface area (Å²) in [6.45, 7) is 3.95. The van der Waals surface area contributed by atoms with Crippen molar-refractivity contribution in [2.45, 2.75) is 26.7 Å². The largest absolute Gasteiger partial charge is 1.00 e. The minimum Gasteiger partial charge on any atom is -1.00 e. The molecule has 2 aliphatic carbocycles. The Balaban J connectivity index is 0.00000113. The fourth-order valence-electron chi connectivity index (χ4n) is 3.65. The van der Waals surface area contributed by atoms with Gasteiger partial charge in [0.15, 0.2) is 0 Å². The number of aliphatic hydroxyl groups excluding tert-OH is 1. The maximum atomic E-state index is 10.8. The van der Waals surface area contributed by atoms with Gasteiger partial charge in [0.2, 0.25) is 0 Å². The zero-order chi connectivity index (χ0) is 16.0. The van der Waals surface area contributed by atoms with Crippen LogP contribution in [0.3, 0.4) is 0 Å². The number of aliphatic hydroxyl groups is 1. The van der Waals surface area contributed by atoms with Crippen molar-refractivity contribution in [3.63, 3.8) is 0 Å². The standard InChI is InChI=1S/C22H20O.ClH.Zr/c1-14(2)22(23)21-18(15-7-3-4-8-15)11-12-19-17-10-6-5-9-16(17)13-20(19)21;;/h3-7,9-12,23H,8,13H2,1-2H3;1H;/p-1. The third-order valence-corrected chi connectivity index (χ3v) is 4.82. The van der Waals surface area contributed by atoms with E-state index in [0.29, 0.717) is 5.76 Å². The Hall–Kier alpha value is -1.37. The second kappa shape index (κ2) is 7.89. The monoisotopic (exact) mass is 425 g/mol. The van der Waals surface area contributed by atoms with Crippen LogP contribution in [0.15, 0.2) is 60.2 Å². The molecule has 0 atom stereocenters. The molecule has 0 unspecified atom stereocenters. The minimum absolute atomic E-state index is 0. The van der Waals surface area contributed by atoms with Crippen LogP contribution in [0.5, 0.6) is 0 Å². The Bertz CT molecular complexity index is 902. The number of benzene rings is 2. The molecule has 0 saturated carbocycles. The molecule has 4 rings (SSSR count). The van der Waals surface area contributed by atoms with Gasteiger partial charge >= 0.3 is 0 Å². The molecular weight excluding hydrogens is 407 g/mol. The summed E-state index contributed by atoms with van der Waals surface area (Å²) in [7, 11) is 0. The molecule has 0 saturated heterocycles. The Labute approximate surface area is 174 Å². The van der Waals surface area contributed by atoms with Crippen molar-refractivity contribution in [1.29, 1.82) is 0 Å². The average Bonchev–Trinajstić information content (AvgIpc) is 3.20. The van der Waals surface area contributed by atoms with E-state index < -0.39 is 0 Å². The van der Waals surface area contributed by atoms with E-state index in [4.69, 9.17) is 0 Å². The van der Waals surface area contributed by atoms with Crippen LogP contribution in [-0.4, -0.2) is 5.11 Å². The molecule has 0 aliphatic heterocycles. The summed E-state index contributed by atoms with van der Waals surface area (Å²) in [4.78, 5) is 0. The summed E-state index contributed by atoms with van der Waals surface area (Å²) in [5.74, 6) is 0.428. The van der Waals surface area contributed by atoms with E-state index in [1.165, 1.54) is 33.4 Å². The van der Waals surface area contributed by atoms with Gasteiger partial charge in [-0.3, -0.25) is 0 Å². The van der Waals surface area contributed by atoms with Gasteiger partial charge in [-0.05, 0) is 65.7 Å². The van der Waals surface area contributed by atoms with Crippen LogP contribution in [0.4, 0.5) is 0 Å². The zero-order valence-corrected chi connectivity index (χ0v) is 17.6. The SMILES string of the molecule is CC(C)=C(O)c1c(C2=CC=CC2)ccc2c1Cc1ccccc1-2.[Cl-].[Zr]. The molecule has 0 radical (unpaired) electrons. The molecule has 126 valence electrons. The van der Waals surface area contributed by atoms with Crippen LogP contribution in [0.25, 0.3) is 22.5 Å². The van der Waals surface area contributed by atoms with Gasteiger partial charge < -0.3 is 17.5 Å². The number of hydrogen-bond acceptors (Lipinski definition) is 1. The van der Waals surface area contributed by atoms with Crippen LogP contribution in [0.1, 0.15) is 42.5 Å². The third kappa shape index (κ3) is 3.35. The molecule has 1 nitrogen and oxygen atoms in total. The van der Waals surface area contributed by atoms with E-state index in [1.807, 2.05) is 13.8 Å². The molecular formula is C22H20ClOZr-. The van der Waals surface area contributed by atoms with Crippen LogP contribution < -0.4 is 12.4 Å². The van der Waals surface area contributed by atoms with Crippen LogP contribution in [0.2, 0.25) is 0 Å². The topological polar surface area (TPSA) is 20.2 Å². The predicted octanol–water partition coefficient (Wildman–Crippen LogP) is 2.91. The molecule has 25 heavy (non-hydrogen) atoms. The molecule has 0 amide bonds. The average molecular weight is 427 g/mol. The Morgan fingerprint density at radius 2 is 1.68 bits per heavy atom. The van der Waals surface area contributed by atoms with Crippen molar-refractivity contribution < 1.29 is 43.7 Å². The second-order valence-electron chi connectivity index (χ2n) is 6.52. The molecule has 0 fully saturated rings. The van der Waals surface area contributed by atoms with E-state index in [1.54, 1.807) is 0 Å². The maximum Gasteiger partial charge on any atom is 0.122 e. The second-order valence-corrected chi connectivity index (χ2v) is 6.52. The van der Waals surface area contributed by atoms with Crippen molar-refractivity contribution in [2.75, 3.05) is 0 Å². The van der Waals surface area contributed by atoms with E-state index in [2.05, 4.69) is 54.6 Å². The normalized spacial score (nSPS) is 13.3. The first-order valence-corrected chi connectivity index (χ1v) is 8.14. The number of halogens is 1. The van der Waals surface area contributed by atoms with Gasteiger partial charge in [-0.15, -0.1) is 0 Å². The first kappa shape index (κ1) is 20.0. The zero-order valence-electron chi connectivity index (χ0n) is 14.4. The van der Waals surface area contributed by atoms with Crippen molar-refractivity contribution in [1.82, 2.24) is 0 Å². The Kier molecular flexibility index (Phi) is 6.30. The molecule has 2 aromatic rings.